The Morgan fingerprint density at radius 2 is 2.16 bits per heavy atom. The van der Waals surface area contributed by atoms with Gasteiger partial charge in [0.2, 0.25) is 0 Å². The number of anilines is 1. The van der Waals surface area contributed by atoms with Gasteiger partial charge in [0.1, 0.15) is 5.60 Å². The van der Waals surface area contributed by atoms with Crippen LogP contribution in [0.1, 0.15) is 39.2 Å². The maximum atomic E-state index is 12.5. The summed E-state index contributed by atoms with van der Waals surface area (Å²) in [6, 6.07) is 6.01. The molecule has 0 radical (unpaired) electrons. The summed E-state index contributed by atoms with van der Waals surface area (Å²) >= 11 is 6.13. The Bertz CT molecular complexity index is 644. The molecule has 138 valence electrons. The minimum atomic E-state index is -0.538. The molecule has 0 aromatic heterocycles. The van der Waals surface area contributed by atoms with Crippen LogP contribution in [0, 0.1) is 0 Å². The van der Waals surface area contributed by atoms with Gasteiger partial charge in [-0.15, -0.1) is 0 Å². The predicted molar refractivity (Wildman–Crippen MR) is 99.3 cm³/mol. The highest BCUT2D eigenvalue weighted by atomic mass is 35.5. The van der Waals surface area contributed by atoms with Crippen LogP contribution in [-0.4, -0.2) is 53.5 Å². The molecule has 2 aliphatic rings. The molecule has 3 rings (SSSR count). The second-order valence-electron chi connectivity index (χ2n) is 7.93. The molecule has 1 N–H and O–H groups in total. The Hall–Kier alpha value is -1.46. The van der Waals surface area contributed by atoms with Crippen molar-refractivity contribution in [3.8, 4) is 0 Å². The first-order valence-corrected chi connectivity index (χ1v) is 9.32. The summed E-state index contributed by atoms with van der Waals surface area (Å²) in [7, 11) is 0. The molecule has 2 atom stereocenters. The smallest absolute Gasteiger partial charge is 0.410 e. The van der Waals surface area contributed by atoms with Gasteiger partial charge in [-0.3, -0.25) is 0 Å². The van der Waals surface area contributed by atoms with Gasteiger partial charge in [-0.05, 0) is 63.8 Å². The number of benzene rings is 1. The second-order valence-corrected chi connectivity index (χ2v) is 8.37. The Labute approximate surface area is 154 Å². The van der Waals surface area contributed by atoms with Gasteiger partial charge < -0.3 is 19.6 Å². The SMILES string of the molecule is CC(C)(C)OC(=O)N1C[C@@H](N2CCCc3cc(Cl)ccc32)C[C@H]1CO. The fraction of sp³-hybridized carbons (Fsp3) is 0.632. The molecule has 0 unspecified atom stereocenters. The minimum absolute atomic E-state index is 0.0446. The van der Waals surface area contributed by atoms with E-state index < -0.39 is 5.60 Å². The molecule has 2 aliphatic heterocycles. The molecular formula is C19H27ClN2O3. The summed E-state index contributed by atoms with van der Waals surface area (Å²) < 4.78 is 5.51. The molecule has 0 bridgehead atoms. The molecular weight excluding hydrogens is 340 g/mol. The number of fused-ring (bicyclic) bond motifs is 1. The number of aliphatic hydroxyl groups excluding tert-OH is 1. The lowest BCUT2D eigenvalue weighted by Crippen LogP contribution is -2.43. The number of carbonyl (C=O) groups is 1. The predicted octanol–water partition coefficient (Wildman–Crippen LogP) is 3.46. The molecule has 0 saturated carbocycles. The van der Waals surface area contributed by atoms with E-state index in [0.29, 0.717) is 6.54 Å². The van der Waals surface area contributed by atoms with Crippen molar-refractivity contribution in [2.45, 2.75) is 57.7 Å². The Morgan fingerprint density at radius 1 is 1.40 bits per heavy atom. The van der Waals surface area contributed by atoms with Gasteiger partial charge in [0.15, 0.2) is 0 Å². The quantitative estimate of drug-likeness (QED) is 0.870. The zero-order valence-electron chi connectivity index (χ0n) is 15.2. The van der Waals surface area contributed by atoms with E-state index in [4.69, 9.17) is 16.3 Å². The van der Waals surface area contributed by atoms with Crippen molar-refractivity contribution >= 4 is 23.4 Å². The van der Waals surface area contributed by atoms with E-state index in [-0.39, 0.29) is 24.8 Å². The molecule has 0 spiro atoms. The van der Waals surface area contributed by atoms with Crippen LogP contribution in [0.15, 0.2) is 18.2 Å². The highest BCUT2D eigenvalue weighted by Crippen LogP contribution is 2.34. The third-order valence-corrected chi connectivity index (χ3v) is 5.10. The molecule has 1 saturated heterocycles. The topological polar surface area (TPSA) is 53.0 Å². The van der Waals surface area contributed by atoms with E-state index in [1.165, 1.54) is 11.3 Å². The lowest BCUT2D eigenvalue weighted by atomic mass is 9.99. The van der Waals surface area contributed by atoms with E-state index in [9.17, 15) is 9.90 Å². The molecule has 1 amide bonds. The van der Waals surface area contributed by atoms with Crippen molar-refractivity contribution in [3.05, 3.63) is 28.8 Å². The molecule has 25 heavy (non-hydrogen) atoms. The average molecular weight is 367 g/mol. The van der Waals surface area contributed by atoms with Gasteiger partial charge >= 0.3 is 6.09 Å². The number of rotatable bonds is 2. The van der Waals surface area contributed by atoms with Crippen LogP contribution in [0.3, 0.4) is 0 Å². The highest BCUT2D eigenvalue weighted by molar-refractivity contribution is 6.30. The van der Waals surface area contributed by atoms with Crippen molar-refractivity contribution in [3.63, 3.8) is 0 Å². The van der Waals surface area contributed by atoms with Crippen molar-refractivity contribution in [2.24, 2.45) is 0 Å². The largest absolute Gasteiger partial charge is 0.444 e. The Balaban J connectivity index is 1.78. The number of likely N-dealkylation sites (tertiary alicyclic amines) is 1. The Morgan fingerprint density at radius 3 is 2.84 bits per heavy atom. The fourth-order valence-electron chi connectivity index (χ4n) is 3.81. The third kappa shape index (κ3) is 4.04. The number of ether oxygens (including phenoxy) is 1. The number of hydrogen-bond donors (Lipinski definition) is 1. The monoisotopic (exact) mass is 366 g/mol. The van der Waals surface area contributed by atoms with Gasteiger partial charge in [0, 0.05) is 29.8 Å². The standard InChI is InChI=1S/C19H27ClN2O3/c1-19(2,3)25-18(24)22-11-15(10-16(22)12-23)21-8-4-5-13-9-14(20)6-7-17(13)21/h6-7,9,15-16,23H,4-5,8,10-12H2,1-3H3/t15-,16-/m0/s1. The first-order valence-electron chi connectivity index (χ1n) is 8.94. The van der Waals surface area contributed by atoms with Gasteiger partial charge in [-0.25, -0.2) is 4.79 Å². The van der Waals surface area contributed by atoms with E-state index in [0.717, 1.165) is 30.8 Å². The van der Waals surface area contributed by atoms with Gasteiger partial charge in [-0.2, -0.15) is 0 Å². The highest BCUT2D eigenvalue weighted by Gasteiger charge is 2.40. The first kappa shape index (κ1) is 18.3. The van der Waals surface area contributed by atoms with Crippen molar-refractivity contribution < 1.29 is 14.6 Å². The van der Waals surface area contributed by atoms with Gasteiger partial charge in [-0.1, -0.05) is 11.6 Å². The number of aryl methyl sites for hydroxylation is 1. The fourth-order valence-corrected chi connectivity index (χ4v) is 4.00. The van der Waals surface area contributed by atoms with Crippen LogP contribution < -0.4 is 4.90 Å². The summed E-state index contributed by atoms with van der Waals surface area (Å²) in [6.07, 6.45) is 2.50. The summed E-state index contributed by atoms with van der Waals surface area (Å²) in [5.74, 6) is 0. The van der Waals surface area contributed by atoms with Crippen molar-refractivity contribution in [1.82, 2.24) is 4.90 Å². The van der Waals surface area contributed by atoms with E-state index in [2.05, 4.69) is 11.0 Å². The average Bonchev–Trinajstić information content (AvgIpc) is 2.96. The van der Waals surface area contributed by atoms with Crippen LogP contribution in [0.5, 0.6) is 0 Å². The molecule has 1 aromatic rings. The van der Waals surface area contributed by atoms with E-state index in [1.807, 2.05) is 32.9 Å². The number of aliphatic hydroxyl groups is 1. The molecule has 6 heteroatoms. The summed E-state index contributed by atoms with van der Waals surface area (Å²) in [5, 5.41) is 10.5. The maximum Gasteiger partial charge on any atom is 0.410 e. The summed E-state index contributed by atoms with van der Waals surface area (Å²) in [6.45, 7) is 7.06. The maximum absolute atomic E-state index is 12.5. The zero-order chi connectivity index (χ0) is 18.2. The van der Waals surface area contributed by atoms with Gasteiger partial charge in [0.05, 0.1) is 12.6 Å². The van der Waals surface area contributed by atoms with Crippen LogP contribution in [0.4, 0.5) is 10.5 Å². The first-order chi connectivity index (χ1) is 11.8. The lowest BCUT2D eigenvalue weighted by Gasteiger charge is -2.36. The van der Waals surface area contributed by atoms with Crippen LogP contribution in [-0.2, 0) is 11.2 Å². The third-order valence-electron chi connectivity index (χ3n) is 4.87. The number of carbonyl (C=O) groups excluding carboxylic acids is 1. The van der Waals surface area contributed by atoms with Crippen LogP contribution in [0.2, 0.25) is 5.02 Å². The molecule has 1 fully saturated rings. The van der Waals surface area contributed by atoms with E-state index in [1.54, 1.807) is 4.90 Å². The molecule has 1 aromatic carbocycles. The Kier molecular flexibility index (Phi) is 5.16. The van der Waals surface area contributed by atoms with Crippen molar-refractivity contribution in [1.29, 1.82) is 0 Å². The number of halogens is 1. The molecule has 0 aliphatic carbocycles. The van der Waals surface area contributed by atoms with Crippen LogP contribution >= 0.6 is 11.6 Å². The van der Waals surface area contributed by atoms with Crippen molar-refractivity contribution in [2.75, 3.05) is 24.6 Å². The van der Waals surface area contributed by atoms with Gasteiger partial charge in [0.25, 0.3) is 0 Å². The molecule has 5 nitrogen and oxygen atoms in total. The van der Waals surface area contributed by atoms with E-state index >= 15 is 0 Å². The normalized spacial score (nSPS) is 23.6. The lowest BCUT2D eigenvalue weighted by molar-refractivity contribution is 0.0174. The number of amides is 1. The minimum Gasteiger partial charge on any atom is -0.444 e. The second kappa shape index (κ2) is 7.04. The summed E-state index contributed by atoms with van der Waals surface area (Å²) in [5.41, 5.74) is 1.92. The molecule has 2 heterocycles. The number of nitrogens with zero attached hydrogens (tertiary/aromatic N) is 2. The zero-order valence-corrected chi connectivity index (χ0v) is 15.9. The number of hydrogen-bond acceptors (Lipinski definition) is 4. The van der Waals surface area contributed by atoms with Crippen LogP contribution in [0.25, 0.3) is 0 Å². The summed E-state index contributed by atoms with van der Waals surface area (Å²) in [4.78, 5) is 16.5.